The third kappa shape index (κ3) is 3.15. The van der Waals surface area contributed by atoms with Crippen LogP contribution in [-0.4, -0.2) is 71.5 Å². The Kier molecular flexibility index (Phi) is 4.75. The van der Waals surface area contributed by atoms with Crippen LogP contribution in [0.4, 0.5) is 10.2 Å². The topological polar surface area (TPSA) is 52.6 Å². The summed E-state index contributed by atoms with van der Waals surface area (Å²) < 4.78 is 14.6. The minimum absolute atomic E-state index is 0.103. The number of rotatable bonds is 3. The fourth-order valence-electron chi connectivity index (χ4n) is 3.36. The van der Waals surface area contributed by atoms with Gasteiger partial charge in [0.2, 0.25) is 5.91 Å². The molecular weight excluding hydrogens is 297 g/mol. The number of likely N-dealkylation sites (N-methyl/N-ethyl adjacent to an activating group) is 1. The summed E-state index contributed by atoms with van der Waals surface area (Å²) in [5, 5.41) is 0. The van der Waals surface area contributed by atoms with E-state index in [1.807, 2.05) is 16.7 Å². The van der Waals surface area contributed by atoms with Gasteiger partial charge in [-0.05, 0) is 26.3 Å². The molecule has 0 spiro atoms. The van der Waals surface area contributed by atoms with E-state index < -0.39 is 0 Å². The van der Waals surface area contributed by atoms with Crippen molar-refractivity contribution in [3.63, 3.8) is 0 Å². The van der Waals surface area contributed by atoms with Crippen molar-refractivity contribution >= 4 is 11.7 Å². The number of piperazine rings is 1. The molecule has 0 N–H and O–H groups in total. The van der Waals surface area contributed by atoms with Gasteiger partial charge in [-0.25, -0.2) is 14.4 Å². The highest BCUT2D eigenvalue weighted by Crippen LogP contribution is 2.28. The number of amides is 1. The number of halogens is 1. The second-order valence-corrected chi connectivity index (χ2v) is 6.29. The van der Waals surface area contributed by atoms with Gasteiger partial charge in [0.25, 0.3) is 0 Å². The van der Waals surface area contributed by atoms with Gasteiger partial charge in [-0.3, -0.25) is 4.79 Å². The average molecular weight is 321 g/mol. The minimum atomic E-state index is -0.381. The summed E-state index contributed by atoms with van der Waals surface area (Å²) in [5.41, 5.74) is 0.410. The van der Waals surface area contributed by atoms with Crippen LogP contribution in [0.1, 0.15) is 25.5 Å². The first kappa shape index (κ1) is 16.1. The zero-order valence-corrected chi connectivity index (χ0v) is 13.8. The molecule has 0 radical (unpaired) electrons. The van der Waals surface area contributed by atoms with E-state index in [1.165, 1.54) is 6.33 Å². The Hall–Kier alpha value is -1.76. The normalized spacial score (nSPS) is 22.7. The number of carbonyl (C=O) groups excluding carboxylic acids is 1. The lowest BCUT2D eigenvalue weighted by Gasteiger charge is -2.36. The van der Waals surface area contributed by atoms with Gasteiger partial charge in [-0.1, -0.05) is 6.92 Å². The standard InChI is InChI=1S/C16H24FN5O/c1-3-12-14(17)15(19-11-18-12)22-6-4-5-13(22)16(23)21-9-7-20(2)8-10-21/h11,13H,3-10H2,1-2H3/t13-/m0/s1. The number of aryl methyl sites for hydroxylation is 1. The van der Waals surface area contributed by atoms with Crippen molar-refractivity contribution in [3.05, 3.63) is 17.8 Å². The van der Waals surface area contributed by atoms with Gasteiger partial charge in [0.15, 0.2) is 11.6 Å². The van der Waals surface area contributed by atoms with E-state index in [1.54, 1.807) is 0 Å². The maximum atomic E-state index is 14.6. The Morgan fingerprint density at radius 3 is 2.70 bits per heavy atom. The fraction of sp³-hybridized carbons (Fsp3) is 0.688. The number of nitrogens with zero attached hydrogens (tertiary/aromatic N) is 5. The van der Waals surface area contributed by atoms with Crippen molar-refractivity contribution < 1.29 is 9.18 Å². The molecule has 0 aromatic carbocycles. The predicted molar refractivity (Wildman–Crippen MR) is 85.8 cm³/mol. The number of hydrogen-bond acceptors (Lipinski definition) is 5. The van der Waals surface area contributed by atoms with Gasteiger partial charge in [-0.15, -0.1) is 0 Å². The summed E-state index contributed by atoms with van der Waals surface area (Å²) in [7, 11) is 2.06. The van der Waals surface area contributed by atoms with Gasteiger partial charge in [0.05, 0.1) is 5.69 Å². The summed E-state index contributed by atoms with van der Waals surface area (Å²) >= 11 is 0. The lowest BCUT2D eigenvalue weighted by Crippen LogP contribution is -2.53. The monoisotopic (exact) mass is 321 g/mol. The van der Waals surface area contributed by atoms with E-state index >= 15 is 0 Å². The van der Waals surface area contributed by atoms with Crippen LogP contribution >= 0.6 is 0 Å². The lowest BCUT2D eigenvalue weighted by molar-refractivity contribution is -0.134. The van der Waals surface area contributed by atoms with Crippen molar-refractivity contribution in [2.45, 2.75) is 32.2 Å². The molecule has 1 aromatic heterocycles. The molecule has 3 heterocycles. The molecule has 7 heteroatoms. The molecule has 0 unspecified atom stereocenters. The van der Waals surface area contributed by atoms with Gasteiger partial charge < -0.3 is 14.7 Å². The summed E-state index contributed by atoms with van der Waals surface area (Å²) in [4.78, 5) is 26.9. The van der Waals surface area contributed by atoms with Crippen LogP contribution in [0, 0.1) is 5.82 Å². The van der Waals surface area contributed by atoms with Crippen LogP contribution in [0.5, 0.6) is 0 Å². The van der Waals surface area contributed by atoms with Crippen LogP contribution in [0.15, 0.2) is 6.33 Å². The van der Waals surface area contributed by atoms with E-state index in [9.17, 15) is 9.18 Å². The van der Waals surface area contributed by atoms with Crippen LogP contribution in [0.2, 0.25) is 0 Å². The zero-order valence-electron chi connectivity index (χ0n) is 13.8. The van der Waals surface area contributed by atoms with Crippen molar-refractivity contribution in [1.29, 1.82) is 0 Å². The molecule has 1 aromatic rings. The first-order valence-electron chi connectivity index (χ1n) is 8.35. The van der Waals surface area contributed by atoms with Gasteiger partial charge in [0.1, 0.15) is 12.4 Å². The summed E-state index contributed by atoms with van der Waals surface area (Å²) in [6.45, 7) is 5.80. The Bertz CT molecular complexity index is 574. The van der Waals surface area contributed by atoms with E-state index in [0.29, 0.717) is 18.7 Å². The molecule has 23 heavy (non-hydrogen) atoms. The molecule has 0 saturated carbocycles. The van der Waals surface area contributed by atoms with Crippen molar-refractivity contribution in [2.75, 3.05) is 44.7 Å². The summed E-state index contributed by atoms with van der Waals surface area (Å²) in [6.07, 6.45) is 3.56. The first-order valence-corrected chi connectivity index (χ1v) is 8.35. The lowest BCUT2D eigenvalue weighted by atomic mass is 10.1. The molecule has 3 rings (SSSR count). The number of carbonyl (C=O) groups is 1. The van der Waals surface area contributed by atoms with E-state index in [0.717, 1.165) is 39.0 Å². The molecule has 0 aliphatic carbocycles. The Labute approximate surface area is 136 Å². The zero-order chi connectivity index (χ0) is 16.4. The highest BCUT2D eigenvalue weighted by atomic mass is 19.1. The van der Waals surface area contributed by atoms with E-state index in [-0.39, 0.29) is 23.6 Å². The molecule has 2 fully saturated rings. The average Bonchev–Trinajstić information content (AvgIpc) is 3.04. The van der Waals surface area contributed by atoms with Gasteiger partial charge >= 0.3 is 0 Å². The molecule has 2 saturated heterocycles. The molecule has 1 atom stereocenters. The van der Waals surface area contributed by atoms with Crippen molar-refractivity contribution in [2.24, 2.45) is 0 Å². The summed E-state index contributed by atoms with van der Waals surface area (Å²) in [5.74, 6) is 0.00145. The largest absolute Gasteiger partial charge is 0.342 e. The molecule has 0 bridgehead atoms. The first-order chi connectivity index (χ1) is 11.1. The quantitative estimate of drug-likeness (QED) is 0.829. The SMILES string of the molecule is CCc1ncnc(N2CCC[C@H]2C(=O)N2CCN(C)CC2)c1F. The Balaban J connectivity index is 1.79. The number of hydrogen-bond donors (Lipinski definition) is 0. The van der Waals surface area contributed by atoms with E-state index in [4.69, 9.17) is 0 Å². The number of anilines is 1. The second kappa shape index (κ2) is 6.78. The molecule has 2 aliphatic rings. The number of aromatic nitrogens is 2. The van der Waals surface area contributed by atoms with Crippen LogP contribution in [0.25, 0.3) is 0 Å². The molecule has 126 valence electrons. The van der Waals surface area contributed by atoms with Crippen LogP contribution in [-0.2, 0) is 11.2 Å². The molecule has 1 amide bonds. The fourth-order valence-corrected chi connectivity index (χ4v) is 3.36. The third-order valence-electron chi connectivity index (χ3n) is 4.80. The highest BCUT2D eigenvalue weighted by molar-refractivity contribution is 5.85. The van der Waals surface area contributed by atoms with Gasteiger partial charge in [-0.2, -0.15) is 0 Å². The predicted octanol–water partition coefficient (Wildman–Crippen LogP) is 0.921. The van der Waals surface area contributed by atoms with Crippen molar-refractivity contribution in [1.82, 2.24) is 19.8 Å². The van der Waals surface area contributed by atoms with Gasteiger partial charge in [0, 0.05) is 32.7 Å². The third-order valence-corrected chi connectivity index (χ3v) is 4.80. The van der Waals surface area contributed by atoms with E-state index in [2.05, 4.69) is 21.9 Å². The maximum Gasteiger partial charge on any atom is 0.245 e. The minimum Gasteiger partial charge on any atom is -0.342 e. The van der Waals surface area contributed by atoms with Crippen LogP contribution in [0.3, 0.4) is 0 Å². The molecular formula is C16H24FN5O. The Morgan fingerprint density at radius 1 is 1.26 bits per heavy atom. The van der Waals surface area contributed by atoms with Crippen LogP contribution < -0.4 is 4.90 Å². The summed E-state index contributed by atoms with van der Waals surface area (Å²) in [6, 6.07) is -0.299. The maximum absolute atomic E-state index is 14.6. The molecule has 2 aliphatic heterocycles. The highest BCUT2D eigenvalue weighted by Gasteiger charge is 2.36. The second-order valence-electron chi connectivity index (χ2n) is 6.29. The molecule has 6 nitrogen and oxygen atoms in total. The smallest absolute Gasteiger partial charge is 0.245 e. The van der Waals surface area contributed by atoms with Crippen molar-refractivity contribution in [3.8, 4) is 0 Å². The Morgan fingerprint density at radius 2 is 2.00 bits per heavy atom.